The fourth-order valence-electron chi connectivity index (χ4n) is 5.58. The molecule has 0 unspecified atom stereocenters. The number of carbonyl (C=O) groups excluding carboxylic acids is 1. The van der Waals surface area contributed by atoms with E-state index in [0.29, 0.717) is 35.1 Å². The van der Waals surface area contributed by atoms with Gasteiger partial charge in [0.2, 0.25) is 5.91 Å². The van der Waals surface area contributed by atoms with E-state index < -0.39 is 0 Å². The molecule has 4 aliphatic rings. The van der Waals surface area contributed by atoms with Gasteiger partial charge in [-0.1, -0.05) is 19.3 Å². The van der Waals surface area contributed by atoms with Crippen molar-refractivity contribution in [1.82, 2.24) is 5.32 Å². The molecule has 1 saturated heterocycles. The van der Waals surface area contributed by atoms with E-state index in [0.717, 1.165) is 6.42 Å². The van der Waals surface area contributed by atoms with Gasteiger partial charge in [-0.25, -0.2) is 0 Å². The lowest BCUT2D eigenvalue weighted by Gasteiger charge is -2.38. The van der Waals surface area contributed by atoms with Crippen LogP contribution in [-0.4, -0.2) is 18.0 Å². The maximum Gasteiger partial charge on any atom is 0.223 e. The van der Waals surface area contributed by atoms with Gasteiger partial charge in [-0.15, -0.1) is 0 Å². The average Bonchev–Trinajstić information content (AvgIpc) is 2.81. The zero-order valence-corrected chi connectivity index (χ0v) is 9.61. The molecule has 0 aromatic rings. The summed E-state index contributed by atoms with van der Waals surface area (Å²) in [4.78, 5) is 11.9. The minimum atomic E-state index is 0.241. The lowest BCUT2D eigenvalue weighted by atomic mass is 9.66. The molecule has 5 atom stereocenters. The van der Waals surface area contributed by atoms with Gasteiger partial charge in [0.15, 0.2) is 0 Å². The third kappa shape index (κ3) is 0.849. The Morgan fingerprint density at radius 3 is 2.75 bits per heavy atom. The Hall–Kier alpha value is -0.570. The molecule has 3 heteroatoms. The van der Waals surface area contributed by atoms with Gasteiger partial charge in [0.25, 0.3) is 0 Å². The number of rotatable bonds is 0. The summed E-state index contributed by atoms with van der Waals surface area (Å²) in [6, 6.07) is 0.556. The maximum absolute atomic E-state index is 11.9. The van der Waals surface area contributed by atoms with E-state index in [1.54, 1.807) is 0 Å². The lowest BCUT2D eigenvalue weighted by Crippen LogP contribution is -2.44. The highest BCUT2D eigenvalue weighted by Gasteiger charge is 2.70. The van der Waals surface area contributed by atoms with Gasteiger partial charge >= 0.3 is 0 Å². The largest absolute Gasteiger partial charge is 0.351 e. The summed E-state index contributed by atoms with van der Waals surface area (Å²) in [6.07, 6.45) is 7.83. The van der Waals surface area contributed by atoms with Crippen molar-refractivity contribution in [2.45, 2.75) is 50.6 Å². The molecule has 3 nitrogen and oxygen atoms in total. The summed E-state index contributed by atoms with van der Waals surface area (Å²) in [5, 5.41) is 3.16. The van der Waals surface area contributed by atoms with Crippen molar-refractivity contribution < 1.29 is 4.79 Å². The molecule has 16 heavy (non-hydrogen) atoms. The molecule has 3 N–H and O–H groups in total. The van der Waals surface area contributed by atoms with E-state index >= 15 is 0 Å². The van der Waals surface area contributed by atoms with Gasteiger partial charge in [0.05, 0.1) is 0 Å². The molecular formula is C13H20N2O. The molecule has 3 aliphatic carbocycles. The highest BCUT2D eigenvalue weighted by atomic mass is 16.2. The monoisotopic (exact) mass is 220 g/mol. The van der Waals surface area contributed by atoms with Crippen LogP contribution in [0.2, 0.25) is 0 Å². The van der Waals surface area contributed by atoms with Crippen LogP contribution < -0.4 is 11.1 Å². The van der Waals surface area contributed by atoms with Crippen LogP contribution in [0, 0.1) is 23.2 Å². The number of hydrogen-bond donors (Lipinski definition) is 2. The second-order valence-corrected chi connectivity index (χ2v) is 6.38. The standard InChI is InChI=1S/C13H20N2O/c14-10-8-6-7-9(11(10)15-12(7)16)13(8)4-2-1-3-5-13/h7-11H,1-6,14H2,(H,15,16)/t7-,8-,9-,10+,11+/m1/s1. The van der Waals surface area contributed by atoms with Crippen LogP contribution in [0.25, 0.3) is 0 Å². The molecule has 88 valence electrons. The van der Waals surface area contributed by atoms with E-state index in [-0.39, 0.29) is 6.04 Å². The van der Waals surface area contributed by atoms with E-state index in [1.165, 1.54) is 32.1 Å². The van der Waals surface area contributed by atoms with Crippen molar-refractivity contribution in [2.24, 2.45) is 28.9 Å². The number of hydrogen-bond acceptors (Lipinski definition) is 2. The summed E-state index contributed by atoms with van der Waals surface area (Å²) in [7, 11) is 0. The van der Waals surface area contributed by atoms with Gasteiger partial charge in [-0.05, 0) is 36.5 Å². The minimum absolute atomic E-state index is 0.241. The number of nitrogens with two attached hydrogens (primary N) is 1. The Morgan fingerprint density at radius 2 is 2.00 bits per heavy atom. The van der Waals surface area contributed by atoms with Gasteiger partial charge in [-0.2, -0.15) is 0 Å². The summed E-state index contributed by atoms with van der Waals surface area (Å²) < 4.78 is 0. The summed E-state index contributed by atoms with van der Waals surface area (Å²) in [5.41, 5.74) is 6.80. The van der Waals surface area contributed by atoms with Crippen LogP contribution in [0.15, 0.2) is 0 Å². The summed E-state index contributed by atoms with van der Waals surface area (Å²) in [6.45, 7) is 0. The van der Waals surface area contributed by atoms with Crippen LogP contribution in [-0.2, 0) is 4.79 Å². The average molecular weight is 220 g/mol. The van der Waals surface area contributed by atoms with Crippen LogP contribution in [0.5, 0.6) is 0 Å². The SMILES string of the molecule is N[C@@H]1[C@H]2NC(=O)[C@@H]3C[C@H]1C1(CCCCC1)[C@@H]23. The van der Waals surface area contributed by atoms with Crippen molar-refractivity contribution in [2.75, 3.05) is 0 Å². The fraction of sp³-hybridized carbons (Fsp3) is 0.923. The van der Waals surface area contributed by atoms with Gasteiger partial charge < -0.3 is 11.1 Å². The minimum Gasteiger partial charge on any atom is -0.351 e. The zero-order chi connectivity index (χ0) is 10.9. The predicted octanol–water partition coefficient (Wildman–Crippen LogP) is 1.03. The third-order valence-electron chi connectivity index (χ3n) is 6.04. The molecule has 0 aromatic carbocycles. The normalized spacial score (nSPS) is 52.3. The van der Waals surface area contributed by atoms with Crippen LogP contribution in [0.1, 0.15) is 38.5 Å². The Morgan fingerprint density at radius 1 is 1.25 bits per heavy atom. The quantitative estimate of drug-likeness (QED) is 0.640. The number of nitrogens with one attached hydrogen (secondary N) is 1. The lowest BCUT2D eigenvalue weighted by molar-refractivity contribution is -0.122. The maximum atomic E-state index is 11.9. The fourth-order valence-corrected chi connectivity index (χ4v) is 5.58. The summed E-state index contributed by atoms with van der Waals surface area (Å²) in [5.74, 6) is 1.83. The van der Waals surface area contributed by atoms with Crippen molar-refractivity contribution in [3.8, 4) is 0 Å². The van der Waals surface area contributed by atoms with Crippen molar-refractivity contribution in [3.63, 3.8) is 0 Å². The number of amides is 1. The molecule has 4 rings (SSSR count). The molecule has 2 bridgehead atoms. The molecule has 4 fully saturated rings. The topological polar surface area (TPSA) is 55.1 Å². The van der Waals surface area contributed by atoms with Crippen LogP contribution in [0.4, 0.5) is 0 Å². The molecular weight excluding hydrogens is 200 g/mol. The molecule has 1 heterocycles. The van der Waals surface area contributed by atoms with Crippen molar-refractivity contribution in [1.29, 1.82) is 0 Å². The van der Waals surface area contributed by atoms with E-state index in [9.17, 15) is 4.79 Å². The third-order valence-corrected chi connectivity index (χ3v) is 6.04. The highest BCUT2D eigenvalue weighted by molar-refractivity contribution is 5.83. The van der Waals surface area contributed by atoms with Crippen LogP contribution in [0.3, 0.4) is 0 Å². The molecule has 3 saturated carbocycles. The smallest absolute Gasteiger partial charge is 0.223 e. The summed E-state index contributed by atoms with van der Waals surface area (Å²) >= 11 is 0. The first-order chi connectivity index (χ1) is 7.74. The molecule has 1 aliphatic heterocycles. The first-order valence-electron chi connectivity index (χ1n) is 6.80. The second kappa shape index (κ2) is 2.81. The van der Waals surface area contributed by atoms with E-state index in [4.69, 9.17) is 5.73 Å². The van der Waals surface area contributed by atoms with Gasteiger partial charge in [0.1, 0.15) is 0 Å². The van der Waals surface area contributed by atoms with Crippen molar-refractivity contribution >= 4 is 5.91 Å². The number of carbonyl (C=O) groups is 1. The van der Waals surface area contributed by atoms with Gasteiger partial charge in [-0.3, -0.25) is 4.79 Å². The molecule has 1 spiro atoms. The first kappa shape index (κ1) is 9.46. The zero-order valence-electron chi connectivity index (χ0n) is 9.61. The second-order valence-electron chi connectivity index (χ2n) is 6.38. The first-order valence-corrected chi connectivity index (χ1v) is 6.80. The Labute approximate surface area is 96.1 Å². The Kier molecular flexibility index (Phi) is 1.66. The Balaban J connectivity index is 1.79. The molecule has 1 amide bonds. The predicted molar refractivity (Wildman–Crippen MR) is 60.5 cm³/mol. The van der Waals surface area contributed by atoms with E-state index in [1.807, 2.05) is 0 Å². The highest BCUT2D eigenvalue weighted by Crippen LogP contribution is 2.67. The van der Waals surface area contributed by atoms with Gasteiger partial charge in [0, 0.05) is 18.0 Å². The molecule has 0 aromatic heterocycles. The van der Waals surface area contributed by atoms with Crippen molar-refractivity contribution in [3.05, 3.63) is 0 Å². The van der Waals surface area contributed by atoms with Crippen LogP contribution >= 0.6 is 0 Å². The Bertz CT molecular complexity index is 348. The molecule has 0 radical (unpaired) electrons. The van der Waals surface area contributed by atoms with E-state index in [2.05, 4.69) is 5.32 Å².